The Balaban J connectivity index is 1.24. The molecule has 3 aromatic rings. The predicted octanol–water partition coefficient (Wildman–Crippen LogP) is 5.01. The number of piperidine rings is 1. The van der Waals surface area contributed by atoms with Crippen molar-refractivity contribution in [3.8, 4) is 5.75 Å². The van der Waals surface area contributed by atoms with E-state index >= 15 is 0 Å². The first-order valence-electron chi connectivity index (χ1n) is 11.4. The van der Waals surface area contributed by atoms with Gasteiger partial charge in [-0.2, -0.15) is 0 Å². The number of hydrogen-bond donors (Lipinski definition) is 1. The van der Waals surface area contributed by atoms with E-state index in [-0.39, 0.29) is 23.7 Å². The van der Waals surface area contributed by atoms with Gasteiger partial charge in [0.1, 0.15) is 23.5 Å². The smallest absolute Gasteiger partial charge is 0.253 e. The molecule has 170 valence electrons. The zero-order chi connectivity index (χ0) is 22.9. The molecule has 1 saturated heterocycles. The number of rotatable bonds is 4. The number of hydrogen-bond acceptors (Lipinski definition) is 5. The fraction of sp³-hybridized carbons (Fsp3) is 0.346. The monoisotopic (exact) mass is 446 g/mol. The van der Waals surface area contributed by atoms with Gasteiger partial charge in [0.25, 0.3) is 5.91 Å². The highest BCUT2D eigenvalue weighted by molar-refractivity contribution is 5.94. The van der Waals surface area contributed by atoms with E-state index in [1.807, 2.05) is 49.1 Å². The number of carbonyl (C=O) groups is 1. The Morgan fingerprint density at radius 1 is 1.15 bits per heavy atom. The molecule has 2 aliphatic rings. The molecule has 2 aliphatic heterocycles. The Morgan fingerprint density at radius 3 is 2.73 bits per heavy atom. The fourth-order valence-electron chi connectivity index (χ4n) is 4.69. The number of aromatic nitrogens is 2. The van der Waals surface area contributed by atoms with Gasteiger partial charge in [0.05, 0.1) is 6.20 Å². The second-order valence-corrected chi connectivity index (χ2v) is 8.93. The summed E-state index contributed by atoms with van der Waals surface area (Å²) >= 11 is 0. The molecule has 1 fully saturated rings. The molecule has 1 N–H and O–H groups in total. The molecule has 0 saturated carbocycles. The van der Waals surface area contributed by atoms with Crippen molar-refractivity contribution in [2.45, 2.75) is 45.1 Å². The molecular formula is C26H27FN4O2. The third-order valence-electron chi connectivity index (χ3n) is 6.32. The Kier molecular flexibility index (Phi) is 5.70. The second-order valence-electron chi connectivity index (χ2n) is 8.93. The molecule has 33 heavy (non-hydrogen) atoms. The molecule has 0 unspecified atom stereocenters. The summed E-state index contributed by atoms with van der Waals surface area (Å²) < 4.78 is 18.9. The predicted molar refractivity (Wildman–Crippen MR) is 125 cm³/mol. The van der Waals surface area contributed by atoms with Crippen LogP contribution in [0.2, 0.25) is 0 Å². The lowest BCUT2D eigenvalue weighted by Gasteiger charge is -2.32. The van der Waals surface area contributed by atoms with Crippen LogP contribution in [0, 0.1) is 12.7 Å². The number of anilines is 2. The highest BCUT2D eigenvalue weighted by Gasteiger charge is 2.27. The van der Waals surface area contributed by atoms with Crippen molar-refractivity contribution in [1.29, 1.82) is 0 Å². The van der Waals surface area contributed by atoms with Gasteiger partial charge in [0.15, 0.2) is 0 Å². The Bertz CT molecular complexity index is 1170. The van der Waals surface area contributed by atoms with Crippen LogP contribution in [0.5, 0.6) is 5.75 Å². The summed E-state index contributed by atoms with van der Waals surface area (Å²) in [5.41, 5.74) is 4.64. The number of aryl methyl sites for hydroxylation is 1. The Hall–Kier alpha value is -3.48. The molecule has 1 aromatic carbocycles. The van der Waals surface area contributed by atoms with Gasteiger partial charge in [-0.05, 0) is 74.7 Å². The van der Waals surface area contributed by atoms with E-state index in [4.69, 9.17) is 9.72 Å². The van der Waals surface area contributed by atoms with Crippen LogP contribution in [0.4, 0.5) is 15.9 Å². The normalized spacial score (nSPS) is 18.0. The molecule has 6 nitrogen and oxygen atoms in total. The number of halogens is 1. The third-order valence-corrected chi connectivity index (χ3v) is 6.32. The zero-order valence-corrected chi connectivity index (χ0v) is 18.8. The first-order valence-corrected chi connectivity index (χ1v) is 11.4. The van der Waals surface area contributed by atoms with Crippen molar-refractivity contribution in [3.05, 3.63) is 77.0 Å². The van der Waals surface area contributed by atoms with Crippen molar-refractivity contribution in [2.24, 2.45) is 0 Å². The minimum absolute atomic E-state index is 0.0812. The van der Waals surface area contributed by atoms with Crippen LogP contribution in [-0.2, 0) is 6.42 Å². The van der Waals surface area contributed by atoms with Crippen LogP contribution in [0.25, 0.3) is 0 Å². The summed E-state index contributed by atoms with van der Waals surface area (Å²) in [6, 6.07) is 12.7. The van der Waals surface area contributed by atoms with E-state index in [0.717, 1.165) is 53.2 Å². The molecule has 0 spiro atoms. The van der Waals surface area contributed by atoms with Gasteiger partial charge in [0, 0.05) is 48.1 Å². The van der Waals surface area contributed by atoms with Gasteiger partial charge in [-0.25, -0.2) is 9.37 Å². The maximum atomic E-state index is 13.1. The third kappa shape index (κ3) is 4.67. The average Bonchev–Trinajstić information content (AvgIpc) is 3.19. The van der Waals surface area contributed by atoms with Crippen LogP contribution in [-0.4, -0.2) is 40.0 Å². The Labute approximate surface area is 192 Å². The molecule has 0 bridgehead atoms. The van der Waals surface area contributed by atoms with Crippen molar-refractivity contribution >= 4 is 17.4 Å². The van der Waals surface area contributed by atoms with Crippen LogP contribution >= 0.6 is 0 Å². The van der Waals surface area contributed by atoms with Gasteiger partial charge >= 0.3 is 0 Å². The number of likely N-dealkylation sites (tertiary alicyclic amines) is 1. The van der Waals surface area contributed by atoms with Gasteiger partial charge < -0.3 is 15.0 Å². The van der Waals surface area contributed by atoms with E-state index < -0.39 is 0 Å². The van der Waals surface area contributed by atoms with Gasteiger partial charge in [-0.15, -0.1) is 0 Å². The SMILES string of the molecule is Cc1cc(Nc2ccc(F)cn2)cc(C2CCN(C(=O)c3ccc4c(c3)C[C@H](C)O4)CC2)n1. The number of carbonyl (C=O) groups excluding carboxylic acids is 1. The maximum absolute atomic E-state index is 13.1. The lowest BCUT2D eigenvalue weighted by atomic mass is 9.92. The maximum Gasteiger partial charge on any atom is 0.253 e. The van der Waals surface area contributed by atoms with Gasteiger partial charge in [-0.3, -0.25) is 9.78 Å². The van der Waals surface area contributed by atoms with Gasteiger partial charge in [-0.1, -0.05) is 0 Å². The molecule has 7 heteroatoms. The number of benzene rings is 1. The number of pyridine rings is 2. The lowest BCUT2D eigenvalue weighted by Crippen LogP contribution is -2.38. The quantitative estimate of drug-likeness (QED) is 0.610. The molecule has 0 aliphatic carbocycles. The zero-order valence-electron chi connectivity index (χ0n) is 18.8. The van der Waals surface area contributed by atoms with E-state index in [1.165, 1.54) is 12.3 Å². The van der Waals surface area contributed by atoms with Gasteiger partial charge in [0.2, 0.25) is 0 Å². The highest BCUT2D eigenvalue weighted by atomic mass is 19.1. The number of nitrogens with one attached hydrogen (secondary N) is 1. The molecule has 2 aromatic heterocycles. The summed E-state index contributed by atoms with van der Waals surface area (Å²) in [5, 5.41) is 3.23. The average molecular weight is 447 g/mol. The van der Waals surface area contributed by atoms with Crippen molar-refractivity contribution in [3.63, 3.8) is 0 Å². The first-order chi connectivity index (χ1) is 15.9. The summed E-state index contributed by atoms with van der Waals surface area (Å²) in [5.74, 6) is 1.48. The van der Waals surface area contributed by atoms with E-state index in [9.17, 15) is 9.18 Å². The molecule has 5 rings (SSSR count). The Morgan fingerprint density at radius 2 is 1.97 bits per heavy atom. The largest absolute Gasteiger partial charge is 0.490 e. The minimum Gasteiger partial charge on any atom is -0.490 e. The number of fused-ring (bicyclic) bond motifs is 1. The summed E-state index contributed by atoms with van der Waals surface area (Å²) in [6.45, 7) is 5.41. The van der Waals surface area contributed by atoms with Crippen molar-refractivity contribution in [1.82, 2.24) is 14.9 Å². The first kappa shape index (κ1) is 21.4. The van der Waals surface area contributed by atoms with E-state index in [0.29, 0.717) is 18.9 Å². The summed E-state index contributed by atoms with van der Waals surface area (Å²) in [4.78, 5) is 23.8. The fourth-order valence-corrected chi connectivity index (χ4v) is 4.69. The number of ether oxygens (including phenoxy) is 1. The molecule has 1 amide bonds. The topological polar surface area (TPSA) is 67.4 Å². The number of nitrogens with zero attached hydrogens (tertiary/aromatic N) is 3. The van der Waals surface area contributed by atoms with Crippen molar-refractivity contribution in [2.75, 3.05) is 18.4 Å². The van der Waals surface area contributed by atoms with Crippen LogP contribution < -0.4 is 10.1 Å². The molecule has 1 atom stereocenters. The minimum atomic E-state index is -0.365. The molecular weight excluding hydrogens is 419 g/mol. The molecule has 0 radical (unpaired) electrons. The summed E-state index contributed by atoms with van der Waals surface area (Å²) in [7, 11) is 0. The highest BCUT2D eigenvalue weighted by Crippen LogP contribution is 2.32. The van der Waals surface area contributed by atoms with Crippen molar-refractivity contribution < 1.29 is 13.9 Å². The lowest BCUT2D eigenvalue weighted by molar-refractivity contribution is 0.0712. The number of amides is 1. The standard InChI is InChI=1S/C26H27FN4O2/c1-16-11-22(30-25-6-4-21(27)15-28-25)14-23(29-16)18-7-9-31(10-8-18)26(32)19-3-5-24-20(13-19)12-17(2)33-24/h3-6,11,13-15,17-18H,7-10,12H2,1-2H3,(H,28,29,30)/t17-/m0/s1. The van der Waals surface area contributed by atoms with E-state index in [1.54, 1.807) is 6.07 Å². The second kappa shape index (κ2) is 8.81. The van der Waals surface area contributed by atoms with Crippen LogP contribution in [0.1, 0.15) is 53.0 Å². The summed E-state index contributed by atoms with van der Waals surface area (Å²) in [6.07, 6.45) is 3.93. The van der Waals surface area contributed by atoms with Crippen LogP contribution in [0.3, 0.4) is 0 Å². The van der Waals surface area contributed by atoms with E-state index in [2.05, 4.69) is 10.3 Å². The molecule has 4 heterocycles. The van der Waals surface area contributed by atoms with Crippen LogP contribution in [0.15, 0.2) is 48.7 Å².